The van der Waals surface area contributed by atoms with Crippen LogP contribution in [0.5, 0.6) is 0 Å². The summed E-state index contributed by atoms with van der Waals surface area (Å²) in [4.78, 5) is 44.3. The fourth-order valence-electron chi connectivity index (χ4n) is 4.69. The number of nitrogens with zero attached hydrogens (tertiary/aromatic N) is 3. The van der Waals surface area contributed by atoms with Crippen LogP contribution in [-0.2, 0) is 16.1 Å². The molecule has 0 spiro atoms. The van der Waals surface area contributed by atoms with Gasteiger partial charge in [-0.1, -0.05) is 43.2 Å². The van der Waals surface area contributed by atoms with E-state index in [2.05, 4.69) is 15.5 Å². The fraction of sp³-hybridized carbons (Fsp3) is 0.625. The van der Waals surface area contributed by atoms with E-state index in [-0.39, 0.29) is 17.8 Å². The first-order chi connectivity index (χ1) is 15.5. The molecular weight excluding hydrogens is 406 g/mol. The number of urea groups is 1. The molecule has 1 aromatic carbocycles. The van der Waals surface area contributed by atoms with E-state index >= 15 is 0 Å². The Morgan fingerprint density at radius 3 is 2.19 bits per heavy atom. The molecule has 4 amide bonds. The number of piperazine rings is 1. The number of amides is 4. The van der Waals surface area contributed by atoms with E-state index in [1.54, 1.807) is 0 Å². The number of likely N-dealkylation sites (N-methyl/N-ethyl adjacent to an activating group) is 1. The highest BCUT2D eigenvalue weighted by atomic mass is 16.2. The monoisotopic (exact) mass is 443 g/mol. The SMILES string of the molecule is CCN(CC)C(=O)CN1CCN(C(=O)C2(NC(=O)NCc3ccccc3)CCCC2)CC1. The van der Waals surface area contributed by atoms with Crippen molar-refractivity contribution in [3.05, 3.63) is 35.9 Å². The number of carbonyl (C=O) groups excluding carboxylic acids is 3. The van der Waals surface area contributed by atoms with Crippen molar-refractivity contribution < 1.29 is 14.4 Å². The van der Waals surface area contributed by atoms with E-state index in [0.29, 0.717) is 65.2 Å². The second-order valence-electron chi connectivity index (χ2n) is 8.72. The van der Waals surface area contributed by atoms with Gasteiger partial charge in [0.25, 0.3) is 0 Å². The average molecular weight is 444 g/mol. The molecule has 0 bridgehead atoms. The highest BCUT2D eigenvalue weighted by molar-refractivity contribution is 5.91. The van der Waals surface area contributed by atoms with Crippen molar-refractivity contribution in [2.24, 2.45) is 0 Å². The van der Waals surface area contributed by atoms with Gasteiger partial charge in [-0.3, -0.25) is 14.5 Å². The lowest BCUT2D eigenvalue weighted by atomic mass is 9.95. The molecule has 3 rings (SSSR count). The van der Waals surface area contributed by atoms with Gasteiger partial charge in [-0.2, -0.15) is 0 Å². The minimum Gasteiger partial charge on any atom is -0.342 e. The van der Waals surface area contributed by atoms with Crippen molar-refractivity contribution in [2.45, 2.75) is 51.6 Å². The van der Waals surface area contributed by atoms with E-state index < -0.39 is 5.54 Å². The van der Waals surface area contributed by atoms with Gasteiger partial charge >= 0.3 is 6.03 Å². The van der Waals surface area contributed by atoms with Gasteiger partial charge in [0, 0.05) is 45.8 Å². The number of hydrogen-bond acceptors (Lipinski definition) is 4. The predicted molar refractivity (Wildman–Crippen MR) is 124 cm³/mol. The molecule has 2 N–H and O–H groups in total. The first kappa shape index (κ1) is 24.0. The lowest BCUT2D eigenvalue weighted by Gasteiger charge is -2.40. The van der Waals surface area contributed by atoms with Crippen molar-refractivity contribution in [2.75, 3.05) is 45.8 Å². The molecule has 1 aliphatic carbocycles. The van der Waals surface area contributed by atoms with Gasteiger partial charge in [0.15, 0.2) is 0 Å². The fourth-order valence-corrected chi connectivity index (χ4v) is 4.69. The first-order valence-electron chi connectivity index (χ1n) is 11.9. The molecule has 8 heteroatoms. The van der Waals surface area contributed by atoms with Crippen LogP contribution in [0.4, 0.5) is 4.79 Å². The maximum Gasteiger partial charge on any atom is 0.315 e. The van der Waals surface area contributed by atoms with Gasteiger partial charge in [-0.05, 0) is 32.3 Å². The van der Waals surface area contributed by atoms with Gasteiger partial charge in [0.05, 0.1) is 6.54 Å². The molecule has 1 aromatic rings. The van der Waals surface area contributed by atoms with Crippen LogP contribution in [0, 0.1) is 0 Å². The summed E-state index contributed by atoms with van der Waals surface area (Å²) in [5.74, 6) is 0.151. The zero-order valence-electron chi connectivity index (χ0n) is 19.4. The molecule has 32 heavy (non-hydrogen) atoms. The number of rotatable bonds is 8. The van der Waals surface area contributed by atoms with Crippen molar-refractivity contribution in [1.82, 2.24) is 25.3 Å². The largest absolute Gasteiger partial charge is 0.342 e. The van der Waals surface area contributed by atoms with Crippen molar-refractivity contribution in [1.29, 1.82) is 0 Å². The lowest BCUT2D eigenvalue weighted by molar-refractivity contribution is -0.140. The Morgan fingerprint density at radius 1 is 0.969 bits per heavy atom. The summed E-state index contributed by atoms with van der Waals surface area (Å²) in [6, 6.07) is 9.43. The minimum absolute atomic E-state index is 0.0135. The maximum absolute atomic E-state index is 13.5. The summed E-state index contributed by atoms with van der Waals surface area (Å²) in [6.07, 6.45) is 3.21. The summed E-state index contributed by atoms with van der Waals surface area (Å²) >= 11 is 0. The second kappa shape index (κ2) is 11.3. The van der Waals surface area contributed by atoms with Crippen LogP contribution in [0.25, 0.3) is 0 Å². The third-order valence-corrected chi connectivity index (χ3v) is 6.65. The topological polar surface area (TPSA) is 85.0 Å². The van der Waals surface area contributed by atoms with Gasteiger partial charge in [-0.15, -0.1) is 0 Å². The van der Waals surface area contributed by atoms with Crippen LogP contribution in [0.1, 0.15) is 45.1 Å². The van der Waals surface area contributed by atoms with Crippen molar-refractivity contribution >= 4 is 17.8 Å². The standard InChI is InChI=1S/C24H37N5O3/c1-3-28(4-2)21(30)19-27-14-16-29(17-15-27)22(31)24(12-8-9-13-24)26-23(32)25-18-20-10-6-5-7-11-20/h5-7,10-11H,3-4,8-9,12-19H2,1-2H3,(H2,25,26,32). The van der Waals surface area contributed by atoms with E-state index in [9.17, 15) is 14.4 Å². The van der Waals surface area contributed by atoms with Crippen molar-refractivity contribution in [3.63, 3.8) is 0 Å². The molecule has 1 saturated carbocycles. The van der Waals surface area contributed by atoms with E-state index in [4.69, 9.17) is 0 Å². The third kappa shape index (κ3) is 6.00. The number of benzene rings is 1. The molecular formula is C24H37N5O3. The molecule has 0 atom stereocenters. The number of hydrogen-bond donors (Lipinski definition) is 2. The predicted octanol–water partition coefficient (Wildman–Crippen LogP) is 1.81. The summed E-state index contributed by atoms with van der Waals surface area (Å²) in [5.41, 5.74) is 0.199. The quantitative estimate of drug-likeness (QED) is 0.642. The zero-order valence-corrected chi connectivity index (χ0v) is 19.4. The molecule has 1 heterocycles. The first-order valence-corrected chi connectivity index (χ1v) is 11.9. The van der Waals surface area contributed by atoms with Crippen LogP contribution in [0.15, 0.2) is 30.3 Å². The smallest absolute Gasteiger partial charge is 0.315 e. The molecule has 0 unspecified atom stereocenters. The van der Waals surface area contributed by atoms with Crippen LogP contribution >= 0.6 is 0 Å². The van der Waals surface area contributed by atoms with Crippen LogP contribution in [-0.4, -0.2) is 83.9 Å². The molecule has 1 saturated heterocycles. The Bertz CT molecular complexity index is 767. The van der Waals surface area contributed by atoms with Gasteiger partial charge in [0.1, 0.15) is 5.54 Å². The summed E-state index contributed by atoms with van der Waals surface area (Å²) < 4.78 is 0. The van der Waals surface area contributed by atoms with E-state index in [1.807, 2.05) is 54.0 Å². The second-order valence-corrected chi connectivity index (χ2v) is 8.72. The normalized spacial score (nSPS) is 18.2. The molecule has 2 aliphatic rings. The third-order valence-electron chi connectivity index (χ3n) is 6.65. The average Bonchev–Trinajstić information content (AvgIpc) is 3.29. The Hall–Kier alpha value is -2.61. The summed E-state index contributed by atoms with van der Waals surface area (Å²) in [5, 5.41) is 5.91. The maximum atomic E-state index is 13.5. The zero-order chi connectivity index (χ0) is 23.0. The Balaban J connectivity index is 1.52. The minimum atomic E-state index is -0.819. The van der Waals surface area contributed by atoms with Gasteiger partial charge in [-0.25, -0.2) is 4.79 Å². The molecule has 0 aromatic heterocycles. The molecule has 176 valence electrons. The highest BCUT2D eigenvalue weighted by Gasteiger charge is 2.45. The van der Waals surface area contributed by atoms with Crippen molar-refractivity contribution in [3.8, 4) is 0 Å². The number of carbonyl (C=O) groups is 3. The molecule has 8 nitrogen and oxygen atoms in total. The lowest BCUT2D eigenvalue weighted by Crippen LogP contribution is -2.62. The molecule has 1 aliphatic heterocycles. The van der Waals surface area contributed by atoms with E-state index in [1.165, 1.54) is 0 Å². The van der Waals surface area contributed by atoms with Gasteiger partial charge < -0.3 is 20.4 Å². The Labute approximate surface area is 191 Å². The van der Waals surface area contributed by atoms with Crippen LogP contribution in [0.3, 0.4) is 0 Å². The Kier molecular flexibility index (Phi) is 8.50. The summed E-state index contributed by atoms with van der Waals surface area (Å²) in [6.45, 7) is 8.75. The Morgan fingerprint density at radius 2 is 1.59 bits per heavy atom. The number of nitrogens with one attached hydrogen (secondary N) is 2. The molecule has 2 fully saturated rings. The van der Waals surface area contributed by atoms with Crippen LogP contribution < -0.4 is 10.6 Å². The van der Waals surface area contributed by atoms with Gasteiger partial charge in [0.2, 0.25) is 11.8 Å². The molecule has 0 radical (unpaired) electrons. The summed E-state index contributed by atoms with van der Waals surface area (Å²) in [7, 11) is 0. The van der Waals surface area contributed by atoms with Crippen LogP contribution in [0.2, 0.25) is 0 Å². The van der Waals surface area contributed by atoms with E-state index in [0.717, 1.165) is 18.4 Å². The highest BCUT2D eigenvalue weighted by Crippen LogP contribution is 2.32.